The number of nitrogen functional groups attached to an aromatic ring is 1. The molecule has 0 saturated carbocycles. The maximum atomic E-state index is 11.3. The summed E-state index contributed by atoms with van der Waals surface area (Å²) < 4.78 is 0. The Labute approximate surface area is 130 Å². The predicted molar refractivity (Wildman–Crippen MR) is 91.5 cm³/mol. The van der Waals surface area contributed by atoms with Crippen molar-refractivity contribution in [1.29, 1.82) is 0 Å². The third-order valence-electron chi connectivity index (χ3n) is 3.70. The van der Waals surface area contributed by atoms with Gasteiger partial charge in [-0.2, -0.15) is 5.11 Å². The van der Waals surface area contributed by atoms with Gasteiger partial charge in [0.1, 0.15) is 5.69 Å². The molecule has 6 nitrogen and oxygen atoms in total. The number of aromatic amines is 2. The smallest absolute Gasteiger partial charge is 0.323 e. The molecule has 4 aromatic rings. The Hall–Kier alpha value is -3.41. The van der Waals surface area contributed by atoms with Crippen molar-refractivity contribution in [1.82, 2.24) is 9.97 Å². The Morgan fingerprint density at radius 2 is 1.70 bits per heavy atom. The first-order chi connectivity index (χ1) is 11.2. The number of aromatic nitrogens is 2. The van der Waals surface area contributed by atoms with E-state index in [1.165, 1.54) is 0 Å². The number of fused-ring (bicyclic) bond motifs is 2. The highest BCUT2D eigenvalue weighted by molar-refractivity contribution is 5.97. The third kappa shape index (κ3) is 2.36. The first kappa shape index (κ1) is 13.3. The number of hydrogen-bond donors (Lipinski definition) is 3. The van der Waals surface area contributed by atoms with Crippen molar-refractivity contribution < 1.29 is 0 Å². The lowest BCUT2D eigenvalue weighted by Crippen LogP contribution is -1.99. The Balaban J connectivity index is 1.80. The van der Waals surface area contributed by atoms with E-state index < -0.39 is 0 Å². The minimum absolute atomic E-state index is 0.243. The zero-order valence-corrected chi connectivity index (χ0v) is 12.1. The quantitative estimate of drug-likeness (QED) is 0.385. The van der Waals surface area contributed by atoms with Crippen molar-refractivity contribution in [2.75, 3.05) is 5.73 Å². The number of H-pyrrole nitrogens is 2. The average Bonchev–Trinajstić information content (AvgIpc) is 2.93. The highest BCUT2D eigenvalue weighted by Crippen LogP contribution is 2.33. The number of nitrogens with two attached hydrogens (primary N) is 1. The third-order valence-corrected chi connectivity index (χ3v) is 3.70. The number of hydrogen-bond acceptors (Lipinski definition) is 4. The van der Waals surface area contributed by atoms with Crippen LogP contribution < -0.4 is 11.4 Å². The SMILES string of the molecule is Nc1ccc2ccccc2c1N=Nc1ccc2[nH]c(=O)[nH]c2c1. The summed E-state index contributed by atoms with van der Waals surface area (Å²) in [6.07, 6.45) is 0. The molecule has 0 aliphatic heterocycles. The van der Waals surface area contributed by atoms with E-state index in [1.807, 2.05) is 36.4 Å². The predicted octanol–water partition coefficient (Wildman–Crippen LogP) is 4.01. The normalized spacial score (nSPS) is 11.7. The van der Waals surface area contributed by atoms with Gasteiger partial charge in [-0.15, -0.1) is 5.11 Å². The molecule has 0 fully saturated rings. The fourth-order valence-corrected chi connectivity index (χ4v) is 2.57. The van der Waals surface area contributed by atoms with Gasteiger partial charge < -0.3 is 15.7 Å². The molecule has 0 saturated heterocycles. The van der Waals surface area contributed by atoms with Crippen molar-refractivity contribution in [2.45, 2.75) is 0 Å². The molecule has 0 aliphatic rings. The minimum atomic E-state index is -0.243. The standard InChI is InChI=1S/C17H13N5O/c18-13-7-5-10-3-1-2-4-12(10)16(13)22-21-11-6-8-14-15(9-11)20-17(23)19-14/h1-9H,18H2,(H2,19,20,23). The van der Waals surface area contributed by atoms with Gasteiger partial charge in [-0.3, -0.25) is 0 Å². The van der Waals surface area contributed by atoms with Crippen LogP contribution in [0, 0.1) is 0 Å². The lowest BCUT2D eigenvalue weighted by atomic mass is 10.1. The Bertz CT molecular complexity index is 1110. The first-order valence-electron chi connectivity index (χ1n) is 7.12. The fraction of sp³-hybridized carbons (Fsp3) is 0. The van der Waals surface area contributed by atoms with Gasteiger partial charge in [0.05, 0.1) is 22.4 Å². The van der Waals surface area contributed by atoms with Gasteiger partial charge in [0.15, 0.2) is 0 Å². The zero-order valence-electron chi connectivity index (χ0n) is 12.1. The number of benzene rings is 3. The second-order valence-electron chi connectivity index (χ2n) is 5.23. The van der Waals surface area contributed by atoms with Gasteiger partial charge in [-0.25, -0.2) is 4.79 Å². The molecule has 0 atom stereocenters. The molecular weight excluding hydrogens is 290 g/mol. The van der Waals surface area contributed by atoms with Crippen molar-refractivity contribution >= 4 is 38.9 Å². The topological polar surface area (TPSA) is 99.4 Å². The van der Waals surface area contributed by atoms with Gasteiger partial charge in [0.25, 0.3) is 0 Å². The van der Waals surface area contributed by atoms with E-state index in [2.05, 4.69) is 20.2 Å². The summed E-state index contributed by atoms with van der Waals surface area (Å²) in [5.41, 5.74) is 9.08. The van der Waals surface area contributed by atoms with Crippen LogP contribution in [-0.2, 0) is 0 Å². The van der Waals surface area contributed by atoms with Crippen LogP contribution in [0.1, 0.15) is 0 Å². The molecule has 0 spiro atoms. The highest BCUT2D eigenvalue weighted by atomic mass is 16.1. The van der Waals surface area contributed by atoms with Gasteiger partial charge in [-0.1, -0.05) is 30.3 Å². The van der Waals surface area contributed by atoms with E-state index in [1.54, 1.807) is 18.2 Å². The lowest BCUT2D eigenvalue weighted by molar-refractivity contribution is 1.21. The molecule has 0 unspecified atom stereocenters. The monoisotopic (exact) mass is 303 g/mol. The van der Waals surface area contributed by atoms with Crippen LogP contribution in [0.15, 0.2) is 69.6 Å². The Morgan fingerprint density at radius 1 is 0.870 bits per heavy atom. The van der Waals surface area contributed by atoms with Crippen molar-refractivity contribution in [2.24, 2.45) is 10.2 Å². The van der Waals surface area contributed by atoms with E-state index in [0.29, 0.717) is 22.6 Å². The van der Waals surface area contributed by atoms with Crippen LogP contribution in [0.5, 0.6) is 0 Å². The fourth-order valence-electron chi connectivity index (χ4n) is 2.57. The van der Waals surface area contributed by atoms with Crippen LogP contribution in [0.4, 0.5) is 17.1 Å². The van der Waals surface area contributed by atoms with Crippen molar-refractivity contribution in [3.05, 3.63) is 65.1 Å². The van der Waals surface area contributed by atoms with Crippen LogP contribution in [0.25, 0.3) is 21.8 Å². The number of azo groups is 1. The maximum Gasteiger partial charge on any atom is 0.323 e. The van der Waals surface area contributed by atoms with Crippen molar-refractivity contribution in [3.63, 3.8) is 0 Å². The largest absolute Gasteiger partial charge is 0.397 e. The number of nitrogens with one attached hydrogen (secondary N) is 2. The van der Waals surface area contributed by atoms with Gasteiger partial charge in [-0.05, 0) is 29.7 Å². The maximum absolute atomic E-state index is 11.3. The van der Waals surface area contributed by atoms with Crippen LogP contribution in [0.2, 0.25) is 0 Å². The van der Waals surface area contributed by atoms with E-state index in [4.69, 9.17) is 5.73 Å². The molecule has 0 radical (unpaired) electrons. The van der Waals surface area contributed by atoms with E-state index >= 15 is 0 Å². The molecule has 0 amide bonds. The van der Waals surface area contributed by atoms with Crippen LogP contribution in [0.3, 0.4) is 0 Å². The van der Waals surface area contributed by atoms with Crippen LogP contribution >= 0.6 is 0 Å². The number of rotatable bonds is 2. The lowest BCUT2D eigenvalue weighted by Gasteiger charge is -2.04. The summed E-state index contributed by atoms with van der Waals surface area (Å²) >= 11 is 0. The minimum Gasteiger partial charge on any atom is -0.397 e. The van der Waals surface area contributed by atoms with E-state index in [-0.39, 0.29) is 5.69 Å². The molecule has 23 heavy (non-hydrogen) atoms. The summed E-state index contributed by atoms with van der Waals surface area (Å²) in [6, 6.07) is 17.0. The first-order valence-corrected chi connectivity index (χ1v) is 7.12. The summed E-state index contributed by atoms with van der Waals surface area (Å²) in [5.74, 6) is 0. The molecule has 1 aromatic heterocycles. The summed E-state index contributed by atoms with van der Waals surface area (Å²) in [5, 5.41) is 10.6. The molecule has 4 N–H and O–H groups in total. The molecule has 6 heteroatoms. The van der Waals surface area contributed by atoms with Gasteiger partial charge >= 0.3 is 5.69 Å². The Morgan fingerprint density at radius 3 is 2.61 bits per heavy atom. The number of imidazole rings is 1. The van der Waals surface area contributed by atoms with E-state index in [0.717, 1.165) is 16.3 Å². The summed E-state index contributed by atoms with van der Waals surface area (Å²) in [7, 11) is 0. The molecule has 0 bridgehead atoms. The highest BCUT2D eigenvalue weighted by Gasteiger charge is 2.04. The molecule has 4 rings (SSSR count). The van der Waals surface area contributed by atoms with Gasteiger partial charge in [0.2, 0.25) is 0 Å². The molecule has 112 valence electrons. The second kappa shape index (κ2) is 5.10. The molecular formula is C17H13N5O. The van der Waals surface area contributed by atoms with Gasteiger partial charge in [0, 0.05) is 5.39 Å². The van der Waals surface area contributed by atoms with Crippen LogP contribution in [-0.4, -0.2) is 9.97 Å². The zero-order chi connectivity index (χ0) is 15.8. The number of nitrogens with zero attached hydrogens (tertiary/aromatic N) is 2. The summed E-state index contributed by atoms with van der Waals surface area (Å²) in [6.45, 7) is 0. The molecule has 3 aromatic carbocycles. The average molecular weight is 303 g/mol. The Kier molecular flexibility index (Phi) is 2.94. The molecule has 0 aliphatic carbocycles. The number of anilines is 1. The summed E-state index contributed by atoms with van der Waals surface area (Å²) in [4.78, 5) is 16.7. The van der Waals surface area contributed by atoms with Crippen molar-refractivity contribution in [3.8, 4) is 0 Å². The second-order valence-corrected chi connectivity index (χ2v) is 5.23. The van der Waals surface area contributed by atoms with E-state index in [9.17, 15) is 4.79 Å². The molecule has 1 heterocycles.